The molecule has 1 amide bonds. The maximum atomic E-state index is 12.1. The van der Waals surface area contributed by atoms with E-state index in [2.05, 4.69) is 29.1 Å². The fourth-order valence-corrected chi connectivity index (χ4v) is 2.95. The molecule has 1 saturated heterocycles. The fourth-order valence-electron chi connectivity index (χ4n) is 2.95. The van der Waals surface area contributed by atoms with E-state index in [4.69, 9.17) is 0 Å². The largest absolute Gasteiger partial charge is 0.367 e. The van der Waals surface area contributed by atoms with Crippen molar-refractivity contribution in [1.82, 2.24) is 14.9 Å². The molecule has 120 valence electrons. The van der Waals surface area contributed by atoms with Gasteiger partial charge in [0.25, 0.3) is 0 Å². The quantitative estimate of drug-likeness (QED) is 0.908. The highest BCUT2D eigenvalue weighted by Gasteiger charge is 2.27. The number of hydrogen-bond acceptors (Lipinski definition) is 4. The van der Waals surface area contributed by atoms with Gasteiger partial charge in [0.1, 0.15) is 11.6 Å². The van der Waals surface area contributed by atoms with Crippen molar-refractivity contribution in [2.45, 2.75) is 57.9 Å². The molecule has 22 heavy (non-hydrogen) atoms. The van der Waals surface area contributed by atoms with Gasteiger partial charge in [0.05, 0.1) is 0 Å². The molecule has 0 aromatic carbocycles. The van der Waals surface area contributed by atoms with Crippen LogP contribution >= 0.6 is 0 Å². The van der Waals surface area contributed by atoms with Crippen molar-refractivity contribution in [3.63, 3.8) is 0 Å². The standard InChI is InChI=1S/C17H26N4O/c1-12(2)11-16(22)21-9-6-14(7-10-21)19-15-5-8-18-17(20-15)13-3-4-13/h5,8,12-14H,3-4,6-7,9-11H2,1-2H3,(H,18,19,20). The van der Waals surface area contributed by atoms with Crippen LogP contribution in [0.25, 0.3) is 0 Å². The van der Waals surface area contributed by atoms with Crippen LogP contribution in [-0.2, 0) is 4.79 Å². The molecule has 5 heteroatoms. The molecular formula is C17H26N4O. The number of amides is 1. The zero-order valence-corrected chi connectivity index (χ0v) is 13.6. The van der Waals surface area contributed by atoms with Gasteiger partial charge in [0.15, 0.2) is 0 Å². The number of carbonyl (C=O) groups excluding carboxylic acids is 1. The number of nitrogens with zero attached hydrogens (tertiary/aromatic N) is 3. The Morgan fingerprint density at radius 2 is 2.05 bits per heavy atom. The van der Waals surface area contributed by atoms with Crippen molar-refractivity contribution in [3.8, 4) is 0 Å². The first-order valence-electron chi connectivity index (χ1n) is 8.49. The number of hydrogen-bond donors (Lipinski definition) is 1. The topological polar surface area (TPSA) is 58.1 Å². The third-order valence-electron chi connectivity index (χ3n) is 4.40. The van der Waals surface area contributed by atoms with Crippen molar-refractivity contribution >= 4 is 11.7 Å². The molecule has 0 bridgehead atoms. The van der Waals surface area contributed by atoms with E-state index >= 15 is 0 Å². The number of anilines is 1. The summed E-state index contributed by atoms with van der Waals surface area (Å²) in [7, 11) is 0. The summed E-state index contributed by atoms with van der Waals surface area (Å²) in [6.45, 7) is 5.89. The van der Waals surface area contributed by atoms with E-state index in [-0.39, 0.29) is 0 Å². The van der Waals surface area contributed by atoms with Crippen LogP contribution in [0.2, 0.25) is 0 Å². The molecule has 1 aliphatic heterocycles. The average Bonchev–Trinajstić information content (AvgIpc) is 3.32. The van der Waals surface area contributed by atoms with Gasteiger partial charge in [0.2, 0.25) is 5.91 Å². The summed E-state index contributed by atoms with van der Waals surface area (Å²) in [4.78, 5) is 23.1. The Kier molecular flexibility index (Phi) is 4.60. The summed E-state index contributed by atoms with van der Waals surface area (Å²) in [6.07, 6.45) is 6.94. The van der Waals surface area contributed by atoms with Crippen molar-refractivity contribution in [2.75, 3.05) is 18.4 Å². The summed E-state index contributed by atoms with van der Waals surface area (Å²) in [5.41, 5.74) is 0. The smallest absolute Gasteiger partial charge is 0.222 e. The number of aromatic nitrogens is 2. The van der Waals surface area contributed by atoms with Gasteiger partial charge in [-0.05, 0) is 37.7 Å². The first-order chi connectivity index (χ1) is 10.6. The Hall–Kier alpha value is -1.65. The molecule has 0 atom stereocenters. The summed E-state index contributed by atoms with van der Waals surface area (Å²) in [5.74, 6) is 3.23. The second-order valence-corrected chi connectivity index (χ2v) is 6.97. The Bertz CT molecular complexity index is 519. The Labute approximate surface area is 132 Å². The highest BCUT2D eigenvalue weighted by molar-refractivity contribution is 5.76. The van der Waals surface area contributed by atoms with Crippen LogP contribution in [0.1, 0.15) is 57.7 Å². The highest BCUT2D eigenvalue weighted by atomic mass is 16.2. The molecule has 0 spiro atoms. The maximum absolute atomic E-state index is 12.1. The number of piperidine rings is 1. The molecule has 2 aliphatic rings. The molecule has 1 N–H and O–H groups in total. The molecule has 1 aromatic heterocycles. The lowest BCUT2D eigenvalue weighted by Gasteiger charge is -2.33. The minimum atomic E-state index is 0.298. The molecule has 2 heterocycles. The summed E-state index contributed by atoms with van der Waals surface area (Å²) < 4.78 is 0. The van der Waals surface area contributed by atoms with Gasteiger partial charge in [-0.2, -0.15) is 0 Å². The molecule has 1 saturated carbocycles. The van der Waals surface area contributed by atoms with Crippen LogP contribution in [0, 0.1) is 5.92 Å². The van der Waals surface area contributed by atoms with Crippen LogP contribution in [0.15, 0.2) is 12.3 Å². The SMILES string of the molecule is CC(C)CC(=O)N1CCC(Nc2ccnc(C3CC3)n2)CC1. The van der Waals surface area contributed by atoms with Crippen molar-refractivity contribution in [2.24, 2.45) is 5.92 Å². The minimum Gasteiger partial charge on any atom is -0.367 e. The Morgan fingerprint density at radius 3 is 2.68 bits per heavy atom. The lowest BCUT2D eigenvalue weighted by Crippen LogP contribution is -2.42. The zero-order chi connectivity index (χ0) is 15.5. The van der Waals surface area contributed by atoms with E-state index in [1.54, 1.807) is 0 Å². The minimum absolute atomic E-state index is 0.298. The predicted octanol–water partition coefficient (Wildman–Crippen LogP) is 2.80. The van der Waals surface area contributed by atoms with Crippen molar-refractivity contribution in [3.05, 3.63) is 18.1 Å². The van der Waals surface area contributed by atoms with E-state index in [0.717, 1.165) is 37.6 Å². The number of carbonyl (C=O) groups is 1. The number of rotatable bonds is 5. The van der Waals surface area contributed by atoms with Gasteiger partial charge in [-0.3, -0.25) is 4.79 Å². The maximum Gasteiger partial charge on any atom is 0.222 e. The average molecular weight is 302 g/mol. The fraction of sp³-hybridized carbons (Fsp3) is 0.706. The lowest BCUT2D eigenvalue weighted by atomic mass is 10.0. The molecule has 0 unspecified atom stereocenters. The van der Waals surface area contributed by atoms with Crippen LogP contribution < -0.4 is 5.32 Å². The molecule has 5 nitrogen and oxygen atoms in total. The van der Waals surface area contributed by atoms with Crippen LogP contribution in [0.3, 0.4) is 0 Å². The molecular weight excluding hydrogens is 276 g/mol. The third kappa shape index (κ3) is 3.96. The normalized spacial score (nSPS) is 19.5. The van der Waals surface area contributed by atoms with Gasteiger partial charge >= 0.3 is 0 Å². The van der Waals surface area contributed by atoms with Gasteiger partial charge in [-0.1, -0.05) is 13.8 Å². The van der Waals surface area contributed by atoms with Gasteiger partial charge in [-0.15, -0.1) is 0 Å². The second kappa shape index (κ2) is 6.63. The van der Waals surface area contributed by atoms with Crippen molar-refractivity contribution < 1.29 is 4.79 Å². The number of likely N-dealkylation sites (tertiary alicyclic amines) is 1. The van der Waals surface area contributed by atoms with E-state index in [1.807, 2.05) is 17.2 Å². The summed E-state index contributed by atoms with van der Waals surface area (Å²) in [6, 6.07) is 2.35. The van der Waals surface area contributed by atoms with Crippen molar-refractivity contribution in [1.29, 1.82) is 0 Å². The number of nitrogens with one attached hydrogen (secondary N) is 1. The molecule has 3 rings (SSSR count). The predicted molar refractivity (Wildman–Crippen MR) is 86.7 cm³/mol. The Morgan fingerprint density at radius 1 is 1.32 bits per heavy atom. The first kappa shape index (κ1) is 15.3. The molecule has 1 aliphatic carbocycles. The van der Waals surface area contributed by atoms with Gasteiger partial charge < -0.3 is 10.2 Å². The van der Waals surface area contributed by atoms with Crippen LogP contribution in [0.5, 0.6) is 0 Å². The molecule has 2 fully saturated rings. The van der Waals surface area contributed by atoms with Crippen LogP contribution in [-0.4, -0.2) is 39.9 Å². The Balaban J connectivity index is 1.49. The van der Waals surface area contributed by atoms with E-state index in [0.29, 0.717) is 30.2 Å². The summed E-state index contributed by atoms with van der Waals surface area (Å²) >= 11 is 0. The van der Waals surface area contributed by atoms with Crippen LogP contribution in [0.4, 0.5) is 5.82 Å². The monoisotopic (exact) mass is 302 g/mol. The van der Waals surface area contributed by atoms with Gasteiger partial charge in [-0.25, -0.2) is 9.97 Å². The molecule has 0 radical (unpaired) electrons. The van der Waals surface area contributed by atoms with Gasteiger partial charge in [0, 0.05) is 37.7 Å². The summed E-state index contributed by atoms with van der Waals surface area (Å²) in [5, 5.41) is 3.52. The first-order valence-corrected chi connectivity index (χ1v) is 8.49. The second-order valence-electron chi connectivity index (χ2n) is 6.97. The third-order valence-corrected chi connectivity index (χ3v) is 4.40. The van der Waals surface area contributed by atoms with E-state index in [9.17, 15) is 4.79 Å². The highest BCUT2D eigenvalue weighted by Crippen LogP contribution is 2.38. The zero-order valence-electron chi connectivity index (χ0n) is 13.6. The lowest BCUT2D eigenvalue weighted by molar-refractivity contribution is -0.132. The van der Waals surface area contributed by atoms with E-state index < -0.39 is 0 Å². The molecule has 1 aromatic rings. The van der Waals surface area contributed by atoms with E-state index in [1.165, 1.54) is 12.8 Å².